The molecule has 2 aromatic carbocycles. The van der Waals surface area contributed by atoms with Crippen LogP contribution in [-0.2, 0) is 10.2 Å². The summed E-state index contributed by atoms with van der Waals surface area (Å²) in [7, 11) is 0. The number of carbonyl (C=O) groups excluding carboxylic acids is 1. The number of rotatable bonds is 5. The fraction of sp³-hybridized carbons (Fsp3) is 0.200. The van der Waals surface area contributed by atoms with Gasteiger partial charge in [-0.3, -0.25) is 14.0 Å². The van der Waals surface area contributed by atoms with Crippen molar-refractivity contribution in [1.29, 1.82) is 5.26 Å². The summed E-state index contributed by atoms with van der Waals surface area (Å²) >= 11 is 0. The molecule has 0 unspecified atom stereocenters. The number of pyridine rings is 1. The van der Waals surface area contributed by atoms with Crippen LogP contribution in [0.25, 0.3) is 11.7 Å². The highest BCUT2D eigenvalue weighted by Crippen LogP contribution is 2.28. The average Bonchev–Trinajstić information content (AvgIpc) is 2.84. The van der Waals surface area contributed by atoms with Crippen LogP contribution in [0.15, 0.2) is 77.2 Å². The van der Waals surface area contributed by atoms with Gasteiger partial charge in [0.2, 0.25) is 5.88 Å². The molecule has 0 saturated heterocycles. The highest BCUT2D eigenvalue weighted by atomic mass is 16.5. The summed E-state index contributed by atoms with van der Waals surface area (Å²) in [6, 6.07) is 20.2. The number of benzene rings is 2. The molecule has 0 spiro atoms. The summed E-state index contributed by atoms with van der Waals surface area (Å²) in [4.78, 5) is 31.0. The van der Waals surface area contributed by atoms with Gasteiger partial charge < -0.3 is 10.1 Å². The van der Waals surface area contributed by atoms with Gasteiger partial charge >= 0.3 is 0 Å². The van der Waals surface area contributed by atoms with Crippen molar-refractivity contribution >= 4 is 23.3 Å². The van der Waals surface area contributed by atoms with E-state index < -0.39 is 11.5 Å². The zero-order valence-electron chi connectivity index (χ0n) is 21.5. The monoisotopic (exact) mass is 492 g/mol. The van der Waals surface area contributed by atoms with Crippen molar-refractivity contribution in [1.82, 2.24) is 9.38 Å². The van der Waals surface area contributed by atoms with Crippen LogP contribution in [-0.4, -0.2) is 15.3 Å². The molecule has 0 radical (unpaired) electrons. The molecule has 2 aromatic heterocycles. The van der Waals surface area contributed by atoms with E-state index in [0.29, 0.717) is 17.1 Å². The van der Waals surface area contributed by atoms with Crippen LogP contribution in [0.3, 0.4) is 0 Å². The molecule has 4 rings (SSSR count). The Morgan fingerprint density at radius 1 is 1.08 bits per heavy atom. The summed E-state index contributed by atoms with van der Waals surface area (Å²) in [6.45, 7) is 10.1. The number of aryl methyl sites for hydroxylation is 2. The van der Waals surface area contributed by atoms with Gasteiger partial charge in [-0.15, -0.1) is 0 Å². The predicted molar refractivity (Wildman–Crippen MR) is 145 cm³/mol. The first-order chi connectivity index (χ1) is 17.6. The molecule has 2 heterocycles. The molecule has 4 aromatic rings. The summed E-state index contributed by atoms with van der Waals surface area (Å²) < 4.78 is 7.45. The topological polar surface area (TPSA) is 96.5 Å². The van der Waals surface area contributed by atoms with Gasteiger partial charge in [0.05, 0.1) is 0 Å². The molecular weight excluding hydrogens is 464 g/mol. The van der Waals surface area contributed by atoms with Crippen LogP contribution in [0.4, 0.5) is 5.69 Å². The second-order valence-electron chi connectivity index (χ2n) is 9.89. The first-order valence-corrected chi connectivity index (χ1v) is 11.9. The molecule has 0 saturated carbocycles. The van der Waals surface area contributed by atoms with Crippen LogP contribution in [0.2, 0.25) is 0 Å². The largest absolute Gasteiger partial charge is 0.438 e. The van der Waals surface area contributed by atoms with Crippen molar-refractivity contribution in [2.75, 3.05) is 5.32 Å². The highest BCUT2D eigenvalue weighted by Gasteiger charge is 2.19. The number of nitrogens with zero attached hydrogens (tertiary/aromatic N) is 3. The van der Waals surface area contributed by atoms with E-state index in [1.807, 2.05) is 56.3 Å². The molecule has 0 bridgehead atoms. The second kappa shape index (κ2) is 10.1. The number of hydrogen-bond donors (Lipinski definition) is 1. The maximum absolute atomic E-state index is 13.5. The molecule has 7 nitrogen and oxygen atoms in total. The van der Waals surface area contributed by atoms with E-state index in [-0.39, 0.29) is 22.4 Å². The van der Waals surface area contributed by atoms with Gasteiger partial charge in [0.15, 0.2) is 0 Å². The van der Waals surface area contributed by atoms with Gasteiger partial charge in [0.25, 0.3) is 11.5 Å². The Morgan fingerprint density at radius 2 is 1.81 bits per heavy atom. The minimum atomic E-state index is -0.637. The fourth-order valence-electron chi connectivity index (χ4n) is 3.84. The van der Waals surface area contributed by atoms with Gasteiger partial charge in [-0.05, 0) is 72.4 Å². The third kappa shape index (κ3) is 5.60. The molecular formula is C30H28N4O3. The van der Waals surface area contributed by atoms with Gasteiger partial charge in [-0.25, -0.2) is 0 Å². The molecule has 0 fully saturated rings. The second-order valence-corrected chi connectivity index (χ2v) is 9.89. The summed E-state index contributed by atoms with van der Waals surface area (Å²) in [6.07, 6.45) is 2.82. The molecule has 0 aliphatic carbocycles. The molecule has 1 amide bonds. The van der Waals surface area contributed by atoms with Crippen molar-refractivity contribution in [2.24, 2.45) is 0 Å². The third-order valence-corrected chi connectivity index (χ3v) is 5.91. The number of fused-ring (bicyclic) bond motifs is 1. The number of nitriles is 1. The SMILES string of the molecule is Cc1cccc(NC(=O)/C(C#N)=C\c2c(Oc3ccc(C(C)(C)C)cc3)nc3c(C)cccn3c2=O)c1. The molecule has 0 aliphatic rings. The van der Waals surface area contributed by atoms with E-state index in [9.17, 15) is 14.9 Å². The van der Waals surface area contributed by atoms with Crippen molar-refractivity contribution in [3.05, 3.63) is 105 Å². The smallest absolute Gasteiger partial charge is 0.269 e. The van der Waals surface area contributed by atoms with Gasteiger partial charge in [-0.1, -0.05) is 51.1 Å². The minimum absolute atomic E-state index is 0.000981. The molecule has 0 aliphatic heterocycles. The molecule has 1 N–H and O–H groups in total. The number of ether oxygens (including phenoxy) is 1. The average molecular weight is 493 g/mol. The van der Waals surface area contributed by atoms with Gasteiger partial charge in [0, 0.05) is 11.9 Å². The Morgan fingerprint density at radius 3 is 2.46 bits per heavy atom. The lowest BCUT2D eigenvalue weighted by atomic mass is 9.87. The Bertz CT molecular complexity index is 1620. The predicted octanol–water partition coefficient (Wildman–Crippen LogP) is 5.95. The number of anilines is 1. The Balaban J connectivity index is 1.81. The zero-order valence-corrected chi connectivity index (χ0v) is 21.5. The number of aromatic nitrogens is 2. The van der Waals surface area contributed by atoms with Crippen molar-refractivity contribution in [3.63, 3.8) is 0 Å². The number of carbonyl (C=O) groups is 1. The minimum Gasteiger partial charge on any atom is -0.438 e. The first kappa shape index (κ1) is 25.4. The van der Waals surface area contributed by atoms with Crippen LogP contribution in [0.5, 0.6) is 11.6 Å². The zero-order chi connectivity index (χ0) is 26.7. The molecule has 0 atom stereocenters. The fourth-order valence-corrected chi connectivity index (χ4v) is 3.84. The van der Waals surface area contributed by atoms with E-state index >= 15 is 0 Å². The highest BCUT2D eigenvalue weighted by molar-refractivity contribution is 6.09. The standard InChI is InChI=1S/C30H28N4O3/c1-19-8-6-10-23(16-19)32-27(35)21(18-31)17-25-28(33-26-20(2)9-7-15-34(26)29(25)36)37-24-13-11-22(12-14-24)30(3,4)5/h6-17H,1-5H3,(H,32,35)/b21-17-. The normalized spacial score (nSPS) is 11.7. The van der Waals surface area contributed by atoms with Crippen LogP contribution < -0.4 is 15.6 Å². The lowest BCUT2D eigenvalue weighted by molar-refractivity contribution is -0.112. The van der Waals surface area contributed by atoms with E-state index in [2.05, 4.69) is 31.1 Å². The maximum atomic E-state index is 13.5. The first-order valence-electron chi connectivity index (χ1n) is 11.9. The van der Waals surface area contributed by atoms with E-state index in [1.165, 1.54) is 10.5 Å². The van der Waals surface area contributed by atoms with Crippen LogP contribution in [0, 0.1) is 25.2 Å². The maximum Gasteiger partial charge on any atom is 0.269 e. The number of hydrogen-bond acceptors (Lipinski definition) is 5. The Kier molecular flexibility index (Phi) is 6.94. The number of amides is 1. The van der Waals surface area contributed by atoms with E-state index in [0.717, 1.165) is 16.7 Å². The van der Waals surface area contributed by atoms with Crippen molar-refractivity contribution in [3.8, 4) is 17.7 Å². The Hall–Kier alpha value is -4.70. The van der Waals surface area contributed by atoms with Gasteiger partial charge in [-0.2, -0.15) is 10.2 Å². The van der Waals surface area contributed by atoms with E-state index in [4.69, 9.17) is 4.74 Å². The quantitative estimate of drug-likeness (QED) is 0.274. The summed E-state index contributed by atoms with van der Waals surface area (Å²) in [5.74, 6) is -0.142. The Labute approximate surface area is 215 Å². The van der Waals surface area contributed by atoms with Gasteiger partial charge in [0.1, 0.15) is 28.6 Å². The summed E-state index contributed by atoms with van der Waals surface area (Å²) in [5.41, 5.74) is 3.10. The van der Waals surface area contributed by atoms with Crippen LogP contribution in [0.1, 0.15) is 43.0 Å². The third-order valence-electron chi connectivity index (χ3n) is 5.91. The number of nitrogens with one attached hydrogen (secondary N) is 1. The molecule has 7 heteroatoms. The lowest BCUT2D eigenvalue weighted by Crippen LogP contribution is -2.20. The summed E-state index contributed by atoms with van der Waals surface area (Å²) in [5, 5.41) is 12.5. The molecule has 186 valence electrons. The lowest BCUT2D eigenvalue weighted by Gasteiger charge is -2.19. The van der Waals surface area contributed by atoms with Crippen LogP contribution >= 0.6 is 0 Å². The molecule has 37 heavy (non-hydrogen) atoms. The van der Waals surface area contributed by atoms with E-state index in [1.54, 1.807) is 30.5 Å². The van der Waals surface area contributed by atoms with Crippen molar-refractivity contribution in [2.45, 2.75) is 40.0 Å². The van der Waals surface area contributed by atoms with Crippen molar-refractivity contribution < 1.29 is 9.53 Å².